The molecule has 4 atom stereocenters. The molecular weight excluding hydrogens is 302 g/mol. The smallest absolute Gasteiger partial charge is 0.155 e. The number of nitrogens with zero attached hydrogens (tertiary/aromatic N) is 1. The number of carbonyl (C=O) groups excluding carboxylic acids is 1. The average molecular weight is 335 g/mol. The van der Waals surface area contributed by atoms with Crippen LogP contribution in [0.5, 0.6) is 0 Å². The zero-order valence-corrected chi connectivity index (χ0v) is 15.8. The summed E-state index contributed by atoms with van der Waals surface area (Å²) in [6.07, 6.45) is -1.15. The van der Waals surface area contributed by atoms with Gasteiger partial charge in [-0.05, 0) is 32.9 Å². The molecule has 0 heterocycles. The van der Waals surface area contributed by atoms with Gasteiger partial charge in [-0.2, -0.15) is 0 Å². The van der Waals surface area contributed by atoms with Crippen LogP contribution in [-0.2, 0) is 11.2 Å². The minimum absolute atomic E-state index is 0.0115. The van der Waals surface area contributed by atoms with E-state index in [0.29, 0.717) is 6.42 Å². The Morgan fingerprint density at radius 1 is 1.04 bits per heavy atom. The summed E-state index contributed by atoms with van der Waals surface area (Å²) in [6, 6.07) is 9.24. The molecule has 1 rings (SSSR count). The number of Topliss-reactive ketones (excluding diaryl/α,β-unsaturated/α-hetero) is 1. The van der Waals surface area contributed by atoms with Gasteiger partial charge in [0.05, 0.1) is 18.2 Å². The van der Waals surface area contributed by atoms with Crippen LogP contribution in [0.15, 0.2) is 30.3 Å². The Hall–Kier alpha value is -1.23. The summed E-state index contributed by atoms with van der Waals surface area (Å²) in [6.45, 7) is 9.51. The van der Waals surface area contributed by atoms with E-state index in [-0.39, 0.29) is 17.7 Å². The Bertz CT molecular complexity index is 501. The molecule has 1 aromatic rings. The number of hydrogen-bond acceptors (Lipinski definition) is 4. The molecule has 4 nitrogen and oxygen atoms in total. The molecule has 4 heteroatoms. The quantitative estimate of drug-likeness (QED) is 0.728. The van der Waals surface area contributed by atoms with Crippen molar-refractivity contribution in [1.29, 1.82) is 0 Å². The molecule has 0 aromatic heterocycles. The van der Waals surface area contributed by atoms with Crippen LogP contribution in [-0.4, -0.2) is 52.2 Å². The molecule has 0 saturated heterocycles. The van der Waals surface area contributed by atoms with E-state index in [2.05, 4.69) is 0 Å². The molecule has 0 radical (unpaired) electrons. The van der Waals surface area contributed by atoms with Gasteiger partial charge in [-0.15, -0.1) is 0 Å². The molecule has 0 saturated carbocycles. The van der Waals surface area contributed by atoms with Crippen molar-refractivity contribution in [3.63, 3.8) is 0 Å². The molecule has 0 aliphatic heterocycles. The van der Waals surface area contributed by atoms with E-state index in [1.54, 1.807) is 0 Å². The van der Waals surface area contributed by atoms with E-state index in [9.17, 15) is 15.0 Å². The fraction of sp³-hybridized carbons (Fsp3) is 0.650. The fourth-order valence-electron chi connectivity index (χ4n) is 2.83. The van der Waals surface area contributed by atoms with Gasteiger partial charge in [0.15, 0.2) is 5.78 Å². The maximum absolute atomic E-state index is 12.6. The third-order valence-electron chi connectivity index (χ3n) is 4.87. The monoisotopic (exact) mass is 335 g/mol. The molecule has 0 bridgehead atoms. The predicted octanol–water partition coefficient (Wildman–Crippen LogP) is 2.52. The number of benzene rings is 1. The highest BCUT2D eigenvalue weighted by Gasteiger charge is 2.38. The Morgan fingerprint density at radius 2 is 1.58 bits per heavy atom. The van der Waals surface area contributed by atoms with Crippen LogP contribution >= 0.6 is 0 Å². The number of hydrogen-bond donors (Lipinski definition) is 2. The lowest BCUT2D eigenvalue weighted by atomic mass is 9.84. The molecule has 0 aliphatic rings. The van der Waals surface area contributed by atoms with Crippen LogP contribution in [0.2, 0.25) is 0 Å². The van der Waals surface area contributed by atoms with Crippen molar-refractivity contribution in [3.05, 3.63) is 35.9 Å². The number of likely N-dealkylation sites (N-methyl/N-ethyl adjacent to an activating group) is 1. The first-order valence-corrected chi connectivity index (χ1v) is 8.82. The number of rotatable bonds is 9. The number of carbonyl (C=O) groups is 1. The fourth-order valence-corrected chi connectivity index (χ4v) is 2.83. The van der Waals surface area contributed by atoms with E-state index in [1.807, 2.05) is 76.9 Å². The van der Waals surface area contributed by atoms with Crippen molar-refractivity contribution in [1.82, 2.24) is 4.90 Å². The van der Waals surface area contributed by atoms with Gasteiger partial charge in [0, 0.05) is 17.9 Å². The van der Waals surface area contributed by atoms with Crippen LogP contribution in [0, 0.1) is 11.8 Å². The first-order chi connectivity index (χ1) is 11.2. The Morgan fingerprint density at radius 3 is 2.04 bits per heavy atom. The first-order valence-electron chi connectivity index (χ1n) is 8.82. The van der Waals surface area contributed by atoms with Crippen molar-refractivity contribution < 1.29 is 15.0 Å². The molecule has 2 N–H and O–H groups in total. The molecule has 0 spiro atoms. The maximum Gasteiger partial charge on any atom is 0.155 e. The van der Waals surface area contributed by atoms with Crippen molar-refractivity contribution in [3.8, 4) is 0 Å². The summed E-state index contributed by atoms with van der Waals surface area (Å²) in [4.78, 5) is 14.5. The van der Waals surface area contributed by atoms with Crippen molar-refractivity contribution >= 4 is 5.78 Å². The van der Waals surface area contributed by atoms with Crippen molar-refractivity contribution in [2.75, 3.05) is 7.05 Å². The molecule has 1 unspecified atom stereocenters. The maximum atomic E-state index is 12.6. The van der Waals surface area contributed by atoms with Gasteiger partial charge in [0.2, 0.25) is 0 Å². The SMILES string of the molecule is CC(C)C(=O)[C@H]([C@H](O)[C@H](C)C(O)Cc1ccccc1)N(C)C(C)C. The van der Waals surface area contributed by atoms with E-state index >= 15 is 0 Å². The van der Waals surface area contributed by atoms with Gasteiger partial charge in [-0.25, -0.2) is 0 Å². The first kappa shape index (κ1) is 20.8. The Kier molecular flexibility index (Phi) is 8.07. The molecule has 0 aliphatic carbocycles. The summed E-state index contributed by atoms with van der Waals surface area (Å²) in [5.41, 5.74) is 1.02. The van der Waals surface area contributed by atoms with Crippen molar-refractivity contribution in [2.45, 2.75) is 65.3 Å². The Labute approximate surface area is 146 Å². The van der Waals surface area contributed by atoms with E-state index in [4.69, 9.17) is 0 Å². The molecule has 0 amide bonds. The van der Waals surface area contributed by atoms with Gasteiger partial charge in [0.25, 0.3) is 0 Å². The van der Waals surface area contributed by atoms with E-state index in [1.165, 1.54) is 0 Å². The van der Waals surface area contributed by atoms with Gasteiger partial charge < -0.3 is 10.2 Å². The van der Waals surface area contributed by atoms with Crippen LogP contribution in [0.3, 0.4) is 0 Å². The molecule has 24 heavy (non-hydrogen) atoms. The molecule has 136 valence electrons. The van der Waals surface area contributed by atoms with E-state index < -0.39 is 24.2 Å². The minimum Gasteiger partial charge on any atom is -0.392 e. The normalized spacial score (nSPS) is 17.1. The lowest BCUT2D eigenvalue weighted by molar-refractivity contribution is -0.135. The number of ketones is 1. The molecule has 1 aromatic carbocycles. The second kappa shape index (κ2) is 9.30. The summed E-state index contributed by atoms with van der Waals surface area (Å²) < 4.78 is 0. The summed E-state index contributed by atoms with van der Waals surface area (Å²) in [5.74, 6) is -0.555. The summed E-state index contributed by atoms with van der Waals surface area (Å²) in [7, 11) is 1.86. The third kappa shape index (κ3) is 5.40. The highest BCUT2D eigenvalue weighted by Crippen LogP contribution is 2.22. The number of aliphatic hydroxyl groups excluding tert-OH is 2. The van der Waals surface area contributed by atoms with Crippen LogP contribution in [0.1, 0.15) is 40.2 Å². The minimum atomic E-state index is -0.911. The van der Waals surface area contributed by atoms with Crippen LogP contribution in [0.25, 0.3) is 0 Å². The third-order valence-corrected chi connectivity index (χ3v) is 4.87. The van der Waals surface area contributed by atoms with Gasteiger partial charge in [-0.3, -0.25) is 9.69 Å². The van der Waals surface area contributed by atoms with Gasteiger partial charge >= 0.3 is 0 Å². The second-order valence-electron chi connectivity index (χ2n) is 7.37. The number of aliphatic hydroxyl groups is 2. The Balaban J connectivity index is 2.91. The lowest BCUT2D eigenvalue weighted by Crippen LogP contribution is -2.54. The standard InChI is InChI=1S/C20H33NO3/c1-13(2)19(23)18(21(6)14(3)4)20(24)15(5)17(22)12-16-10-8-7-9-11-16/h7-11,13-15,17-18,20,22,24H,12H2,1-6H3/t15-,17?,18-,20-/m1/s1. The van der Waals surface area contributed by atoms with Gasteiger partial charge in [-0.1, -0.05) is 51.1 Å². The molecule has 0 fully saturated rings. The topological polar surface area (TPSA) is 60.8 Å². The van der Waals surface area contributed by atoms with Gasteiger partial charge in [0.1, 0.15) is 0 Å². The second-order valence-corrected chi connectivity index (χ2v) is 7.37. The molecular formula is C20H33NO3. The highest BCUT2D eigenvalue weighted by atomic mass is 16.3. The zero-order valence-electron chi connectivity index (χ0n) is 15.8. The summed E-state index contributed by atoms with van der Waals surface area (Å²) >= 11 is 0. The highest BCUT2D eigenvalue weighted by molar-refractivity contribution is 5.86. The van der Waals surface area contributed by atoms with Crippen LogP contribution in [0.4, 0.5) is 0 Å². The predicted molar refractivity (Wildman–Crippen MR) is 97.9 cm³/mol. The average Bonchev–Trinajstić information content (AvgIpc) is 2.54. The lowest BCUT2D eigenvalue weighted by Gasteiger charge is -2.38. The van der Waals surface area contributed by atoms with E-state index in [0.717, 1.165) is 5.56 Å². The van der Waals surface area contributed by atoms with Crippen LogP contribution < -0.4 is 0 Å². The zero-order chi connectivity index (χ0) is 18.4. The van der Waals surface area contributed by atoms with Crippen molar-refractivity contribution in [2.24, 2.45) is 11.8 Å². The largest absolute Gasteiger partial charge is 0.392 e. The summed E-state index contributed by atoms with van der Waals surface area (Å²) in [5, 5.41) is 21.4.